The van der Waals surface area contributed by atoms with Gasteiger partial charge in [0.25, 0.3) is 0 Å². The minimum Gasteiger partial charge on any atom is -0.367 e. The maximum Gasteiger partial charge on any atom is 0.250 e. The molecular weight excluding hydrogens is 360 g/mol. The van der Waals surface area contributed by atoms with Crippen LogP contribution in [0.25, 0.3) is 0 Å². The van der Waals surface area contributed by atoms with Crippen molar-refractivity contribution >= 4 is 38.7 Å². The third-order valence-electron chi connectivity index (χ3n) is 3.10. The predicted octanol–water partition coefficient (Wildman–Crippen LogP) is 2.07. The molecule has 3 N–H and O–H groups in total. The summed E-state index contributed by atoms with van der Waals surface area (Å²) in [6.45, 7) is 0.648. The van der Waals surface area contributed by atoms with E-state index in [-0.39, 0.29) is 6.54 Å². The van der Waals surface area contributed by atoms with Gasteiger partial charge in [0.1, 0.15) is 10.0 Å². The average Bonchev–Trinajstić information content (AvgIpc) is 3.17. The molecule has 0 aliphatic rings. The van der Waals surface area contributed by atoms with Crippen molar-refractivity contribution in [2.45, 2.75) is 4.21 Å². The zero-order chi connectivity index (χ0) is 17.5. The molecule has 0 atom stereocenters. The number of hydrogen-bond donors (Lipinski definition) is 3. The van der Waals surface area contributed by atoms with Crippen molar-refractivity contribution in [2.24, 2.45) is 0 Å². The van der Waals surface area contributed by atoms with Gasteiger partial charge in [0.05, 0.1) is 0 Å². The Hall–Kier alpha value is -2.56. The highest BCUT2D eigenvalue weighted by Gasteiger charge is 2.13. The van der Waals surface area contributed by atoms with E-state index in [0.29, 0.717) is 22.4 Å². The lowest BCUT2D eigenvalue weighted by molar-refractivity contribution is 0.585. The second-order valence-electron chi connectivity index (χ2n) is 4.92. The molecule has 0 aliphatic carbocycles. The van der Waals surface area contributed by atoms with Crippen molar-refractivity contribution in [3.8, 4) is 0 Å². The molecule has 3 aromatic heterocycles. The molecule has 8 nitrogen and oxygen atoms in total. The standard InChI is InChI=1S/C15H16N6O2S2/c22-25(23,15-2-1-11-24-15)18-10-9-17-13-3-4-14(21-20-13)19-12-5-7-16-8-6-12/h1-8,11,18H,9-10H2,(H,17,20)(H,16,19,21). The molecule has 0 spiro atoms. The Labute approximate surface area is 149 Å². The molecule has 0 bridgehead atoms. The van der Waals surface area contributed by atoms with E-state index in [2.05, 4.69) is 30.5 Å². The molecule has 3 heterocycles. The van der Waals surface area contributed by atoms with Gasteiger partial charge in [-0.25, -0.2) is 13.1 Å². The number of nitrogens with one attached hydrogen (secondary N) is 3. The van der Waals surface area contributed by atoms with Crippen molar-refractivity contribution in [2.75, 3.05) is 23.7 Å². The van der Waals surface area contributed by atoms with E-state index in [1.807, 2.05) is 12.1 Å². The summed E-state index contributed by atoms with van der Waals surface area (Å²) in [6, 6.07) is 10.5. The van der Waals surface area contributed by atoms with Crippen molar-refractivity contribution in [3.63, 3.8) is 0 Å². The highest BCUT2D eigenvalue weighted by Crippen LogP contribution is 2.15. The number of nitrogens with zero attached hydrogens (tertiary/aromatic N) is 3. The van der Waals surface area contributed by atoms with E-state index in [1.165, 1.54) is 11.3 Å². The van der Waals surface area contributed by atoms with Crippen LogP contribution in [0.15, 0.2) is 58.4 Å². The number of thiophene rings is 1. The lowest BCUT2D eigenvalue weighted by atomic mass is 10.4. The lowest BCUT2D eigenvalue weighted by Gasteiger charge is -2.08. The quantitative estimate of drug-likeness (QED) is 0.516. The summed E-state index contributed by atoms with van der Waals surface area (Å²) < 4.78 is 26.7. The molecule has 25 heavy (non-hydrogen) atoms. The molecule has 0 radical (unpaired) electrons. The fraction of sp³-hybridized carbons (Fsp3) is 0.133. The number of aromatic nitrogens is 3. The first-order chi connectivity index (χ1) is 12.1. The molecule has 0 unspecified atom stereocenters. The van der Waals surface area contributed by atoms with Crippen LogP contribution in [0.1, 0.15) is 0 Å². The van der Waals surface area contributed by atoms with Crippen molar-refractivity contribution < 1.29 is 8.42 Å². The molecule has 0 saturated heterocycles. The van der Waals surface area contributed by atoms with Gasteiger partial charge in [0.15, 0.2) is 5.82 Å². The molecule has 3 rings (SSSR count). The van der Waals surface area contributed by atoms with Gasteiger partial charge in [-0.2, -0.15) is 0 Å². The number of rotatable bonds is 8. The summed E-state index contributed by atoms with van der Waals surface area (Å²) in [7, 11) is -3.44. The van der Waals surface area contributed by atoms with E-state index in [0.717, 1.165) is 5.69 Å². The fourth-order valence-electron chi connectivity index (χ4n) is 1.94. The van der Waals surface area contributed by atoms with Gasteiger partial charge < -0.3 is 10.6 Å². The molecule has 0 aliphatic heterocycles. The Balaban J connectivity index is 1.46. The van der Waals surface area contributed by atoms with Crippen molar-refractivity contribution in [1.82, 2.24) is 19.9 Å². The third kappa shape index (κ3) is 4.95. The molecule has 0 aromatic carbocycles. The van der Waals surface area contributed by atoms with Gasteiger partial charge in [-0.3, -0.25) is 4.98 Å². The number of anilines is 3. The van der Waals surface area contributed by atoms with Gasteiger partial charge in [-0.15, -0.1) is 21.5 Å². The Morgan fingerprint density at radius 1 is 0.960 bits per heavy atom. The average molecular weight is 376 g/mol. The highest BCUT2D eigenvalue weighted by molar-refractivity contribution is 7.91. The monoisotopic (exact) mass is 376 g/mol. The van der Waals surface area contributed by atoms with Crippen LogP contribution in [-0.4, -0.2) is 36.7 Å². The molecule has 0 amide bonds. The van der Waals surface area contributed by atoms with Crippen LogP contribution < -0.4 is 15.4 Å². The topological polar surface area (TPSA) is 109 Å². The minimum atomic E-state index is -3.44. The summed E-state index contributed by atoms with van der Waals surface area (Å²) >= 11 is 1.18. The Bertz CT molecular complexity index is 884. The SMILES string of the molecule is O=S(=O)(NCCNc1ccc(Nc2ccncc2)nn1)c1cccs1. The van der Waals surface area contributed by atoms with Crippen LogP contribution in [-0.2, 0) is 10.0 Å². The van der Waals surface area contributed by atoms with Crippen molar-refractivity contribution in [3.05, 3.63) is 54.2 Å². The Morgan fingerprint density at radius 3 is 2.40 bits per heavy atom. The largest absolute Gasteiger partial charge is 0.367 e. The van der Waals surface area contributed by atoms with Crippen LogP contribution in [0.3, 0.4) is 0 Å². The summed E-state index contributed by atoms with van der Waals surface area (Å²) in [4.78, 5) is 3.94. The minimum absolute atomic E-state index is 0.249. The maximum atomic E-state index is 12.0. The van der Waals surface area contributed by atoms with Crippen LogP contribution in [0.5, 0.6) is 0 Å². The van der Waals surface area contributed by atoms with Gasteiger partial charge in [0, 0.05) is 31.2 Å². The zero-order valence-corrected chi connectivity index (χ0v) is 14.7. The first kappa shape index (κ1) is 17.3. The molecule has 3 aromatic rings. The summed E-state index contributed by atoms with van der Waals surface area (Å²) in [6.07, 6.45) is 3.37. The maximum absolute atomic E-state index is 12.0. The first-order valence-electron chi connectivity index (χ1n) is 7.41. The van der Waals surface area contributed by atoms with E-state index in [9.17, 15) is 8.42 Å². The van der Waals surface area contributed by atoms with Gasteiger partial charge in [0.2, 0.25) is 10.0 Å². The molecule has 0 fully saturated rings. The zero-order valence-electron chi connectivity index (χ0n) is 13.1. The third-order valence-corrected chi connectivity index (χ3v) is 5.96. The van der Waals surface area contributed by atoms with Gasteiger partial charge in [-0.05, 0) is 35.7 Å². The number of hydrogen-bond acceptors (Lipinski definition) is 8. The lowest BCUT2D eigenvalue weighted by Crippen LogP contribution is -2.28. The van der Waals surface area contributed by atoms with Crippen LogP contribution in [0.2, 0.25) is 0 Å². The summed E-state index contributed by atoms with van der Waals surface area (Å²) in [5.74, 6) is 1.17. The molecular formula is C15H16N6O2S2. The van der Waals surface area contributed by atoms with Crippen LogP contribution in [0, 0.1) is 0 Å². The second kappa shape index (κ2) is 8.01. The van der Waals surface area contributed by atoms with Crippen molar-refractivity contribution in [1.29, 1.82) is 0 Å². The first-order valence-corrected chi connectivity index (χ1v) is 9.77. The normalized spacial score (nSPS) is 11.2. The Kier molecular flexibility index (Phi) is 5.53. The Morgan fingerprint density at radius 2 is 1.72 bits per heavy atom. The van der Waals surface area contributed by atoms with Crippen LogP contribution in [0.4, 0.5) is 17.3 Å². The van der Waals surface area contributed by atoms with Crippen LogP contribution >= 0.6 is 11.3 Å². The van der Waals surface area contributed by atoms with Gasteiger partial charge in [-0.1, -0.05) is 6.07 Å². The van der Waals surface area contributed by atoms with E-state index in [4.69, 9.17) is 0 Å². The number of sulfonamides is 1. The van der Waals surface area contributed by atoms with E-state index >= 15 is 0 Å². The second-order valence-corrected chi connectivity index (χ2v) is 7.86. The van der Waals surface area contributed by atoms with E-state index < -0.39 is 10.0 Å². The molecule has 10 heteroatoms. The molecule has 130 valence electrons. The fourth-order valence-corrected chi connectivity index (χ4v) is 4.01. The summed E-state index contributed by atoms with van der Waals surface area (Å²) in [5, 5.41) is 16.0. The van der Waals surface area contributed by atoms with Gasteiger partial charge >= 0.3 is 0 Å². The van der Waals surface area contributed by atoms with E-state index in [1.54, 1.807) is 42.0 Å². The highest BCUT2D eigenvalue weighted by atomic mass is 32.2. The molecule has 0 saturated carbocycles. The smallest absolute Gasteiger partial charge is 0.250 e. The number of pyridine rings is 1. The predicted molar refractivity (Wildman–Crippen MR) is 97.5 cm³/mol. The summed E-state index contributed by atoms with van der Waals surface area (Å²) in [5.41, 5.74) is 0.869.